The third-order valence-electron chi connectivity index (χ3n) is 7.64. The number of benzene rings is 4. The second kappa shape index (κ2) is 15.0. The number of esters is 4. The molecule has 0 aromatic heterocycles. The summed E-state index contributed by atoms with van der Waals surface area (Å²) in [6.07, 6.45) is -10.3. The predicted octanol–water partition coefficient (Wildman–Crippen LogP) is 1.59. The van der Waals surface area contributed by atoms with Crippen LogP contribution in [0.15, 0.2) is 66.7 Å². The minimum Gasteiger partial charge on any atom is -0.504 e. The van der Waals surface area contributed by atoms with Gasteiger partial charge >= 0.3 is 23.9 Å². The Morgan fingerprint density at radius 2 is 0.849 bits per heavy atom. The van der Waals surface area contributed by atoms with E-state index in [9.17, 15) is 70.2 Å². The fraction of sp³-hybridized carbons (Fsp3) is 0.176. The Morgan fingerprint density at radius 1 is 0.491 bits per heavy atom. The first-order chi connectivity index (χ1) is 25.0. The number of rotatable bonds is 9. The molecule has 1 aliphatic heterocycles. The summed E-state index contributed by atoms with van der Waals surface area (Å²) in [5, 5.41) is 99.7. The van der Waals surface area contributed by atoms with Gasteiger partial charge in [-0.2, -0.15) is 0 Å². The van der Waals surface area contributed by atoms with Gasteiger partial charge in [0, 0.05) is 0 Å². The van der Waals surface area contributed by atoms with E-state index in [4.69, 9.17) is 23.7 Å². The largest absolute Gasteiger partial charge is 0.504 e. The van der Waals surface area contributed by atoms with E-state index < -0.39 is 130 Å². The molecule has 4 aromatic rings. The van der Waals surface area contributed by atoms with Crippen LogP contribution in [0.2, 0.25) is 0 Å². The first-order valence-electron chi connectivity index (χ1n) is 15.0. The van der Waals surface area contributed by atoms with E-state index in [1.54, 1.807) is 6.07 Å². The van der Waals surface area contributed by atoms with E-state index in [0.717, 1.165) is 12.1 Å². The highest BCUT2D eigenvalue weighted by Gasteiger charge is 2.53. The first kappa shape index (κ1) is 37.1. The summed E-state index contributed by atoms with van der Waals surface area (Å²) in [6.45, 7) is -0.990. The van der Waals surface area contributed by atoms with Gasteiger partial charge in [0.05, 0.1) is 22.3 Å². The van der Waals surface area contributed by atoms with Crippen LogP contribution in [0.5, 0.6) is 51.7 Å². The van der Waals surface area contributed by atoms with Gasteiger partial charge < -0.3 is 74.7 Å². The maximum absolute atomic E-state index is 13.4. The quantitative estimate of drug-likeness (QED) is 0.0661. The Labute approximate surface area is 295 Å². The number of carbonyl (C=O) groups is 4. The topological polar surface area (TPSA) is 317 Å². The van der Waals surface area contributed by atoms with E-state index in [1.807, 2.05) is 0 Å². The molecular formula is C34H28O19. The molecule has 19 heteroatoms. The monoisotopic (exact) mass is 740 g/mol. The lowest BCUT2D eigenvalue weighted by atomic mass is 9.97. The van der Waals surface area contributed by atoms with Crippen molar-refractivity contribution in [2.45, 2.75) is 30.7 Å². The van der Waals surface area contributed by atoms with Gasteiger partial charge in [0.15, 0.2) is 76.3 Å². The number of hydrogen-bond acceptors (Lipinski definition) is 19. The van der Waals surface area contributed by atoms with Crippen molar-refractivity contribution >= 4 is 23.9 Å². The number of phenols is 9. The minimum absolute atomic E-state index is 0.0711. The molecule has 10 N–H and O–H groups in total. The van der Waals surface area contributed by atoms with E-state index in [-0.39, 0.29) is 5.56 Å². The normalized spacial score (nSPS) is 19.5. The smallest absolute Gasteiger partial charge is 0.338 e. The van der Waals surface area contributed by atoms with Crippen LogP contribution in [-0.4, -0.2) is 112 Å². The van der Waals surface area contributed by atoms with Crippen LogP contribution >= 0.6 is 0 Å². The van der Waals surface area contributed by atoms with E-state index in [1.165, 1.54) is 24.3 Å². The van der Waals surface area contributed by atoms with Crippen LogP contribution in [-0.2, 0) is 23.7 Å². The van der Waals surface area contributed by atoms with Crippen molar-refractivity contribution < 1.29 is 93.9 Å². The zero-order chi connectivity index (χ0) is 38.7. The summed E-state index contributed by atoms with van der Waals surface area (Å²) in [7, 11) is 0. The summed E-state index contributed by atoms with van der Waals surface area (Å²) in [5.74, 6) is -13.9. The van der Waals surface area contributed by atoms with Crippen LogP contribution in [0.1, 0.15) is 41.4 Å². The van der Waals surface area contributed by atoms with Crippen molar-refractivity contribution in [2.24, 2.45) is 0 Å². The Bertz CT molecular complexity index is 1990. The van der Waals surface area contributed by atoms with Gasteiger partial charge in [0.2, 0.25) is 0 Å². The molecule has 0 spiro atoms. The molecule has 5 atom stereocenters. The summed E-state index contributed by atoms with van der Waals surface area (Å²) >= 11 is 0. The molecule has 1 fully saturated rings. The van der Waals surface area contributed by atoms with Crippen LogP contribution in [0.25, 0.3) is 0 Å². The Kier molecular flexibility index (Phi) is 10.5. The molecule has 1 aliphatic rings. The lowest BCUT2D eigenvalue weighted by molar-refractivity contribution is -0.284. The van der Waals surface area contributed by atoms with E-state index in [2.05, 4.69) is 0 Å². The molecule has 1 saturated heterocycles. The molecule has 0 amide bonds. The summed E-state index contributed by atoms with van der Waals surface area (Å²) in [5.41, 5.74) is -1.83. The van der Waals surface area contributed by atoms with Crippen LogP contribution in [0.3, 0.4) is 0 Å². The lowest BCUT2D eigenvalue weighted by Gasteiger charge is -2.42. The number of aliphatic hydroxyl groups is 1. The predicted molar refractivity (Wildman–Crippen MR) is 170 cm³/mol. The van der Waals surface area contributed by atoms with Gasteiger partial charge in [0.1, 0.15) is 12.7 Å². The zero-order valence-electron chi connectivity index (χ0n) is 26.6. The third-order valence-corrected chi connectivity index (χ3v) is 7.64. The second-order valence-corrected chi connectivity index (χ2v) is 11.2. The molecular weight excluding hydrogens is 712 g/mol. The van der Waals surface area contributed by atoms with Crippen molar-refractivity contribution in [1.29, 1.82) is 0 Å². The number of aliphatic hydroxyl groups excluding tert-OH is 1. The molecule has 0 aliphatic carbocycles. The molecule has 19 nitrogen and oxygen atoms in total. The van der Waals surface area contributed by atoms with Crippen molar-refractivity contribution in [3.63, 3.8) is 0 Å². The number of phenolic OH excluding ortho intramolecular Hbond substituents is 9. The molecule has 5 unspecified atom stereocenters. The zero-order valence-corrected chi connectivity index (χ0v) is 26.6. The first-order valence-corrected chi connectivity index (χ1v) is 15.0. The molecule has 4 aromatic carbocycles. The fourth-order valence-corrected chi connectivity index (χ4v) is 4.99. The average molecular weight is 741 g/mol. The van der Waals surface area contributed by atoms with Crippen molar-refractivity contribution in [3.05, 3.63) is 89.0 Å². The Morgan fingerprint density at radius 3 is 1.28 bits per heavy atom. The molecule has 0 bridgehead atoms. The van der Waals surface area contributed by atoms with E-state index in [0.29, 0.717) is 24.3 Å². The highest BCUT2D eigenvalue weighted by atomic mass is 16.7. The SMILES string of the molecule is O=C(OCC1OC(O)C(OC(=O)c2ccccc2)C(OC(=O)c2cc(O)c(O)c(O)c2)C1OC(=O)c1cc(O)c(O)c(O)c1)c1cc(O)c(O)c(O)c1. The molecule has 53 heavy (non-hydrogen) atoms. The average Bonchev–Trinajstić information content (AvgIpc) is 3.12. The summed E-state index contributed by atoms with van der Waals surface area (Å²) in [4.78, 5) is 52.9. The van der Waals surface area contributed by atoms with Crippen molar-refractivity contribution in [3.8, 4) is 51.7 Å². The molecule has 0 radical (unpaired) electrons. The molecule has 5 rings (SSSR count). The van der Waals surface area contributed by atoms with Gasteiger partial charge in [-0.15, -0.1) is 0 Å². The minimum atomic E-state index is -2.25. The lowest BCUT2D eigenvalue weighted by Crippen LogP contribution is -2.62. The van der Waals surface area contributed by atoms with Crippen LogP contribution in [0.4, 0.5) is 0 Å². The molecule has 1 heterocycles. The van der Waals surface area contributed by atoms with E-state index >= 15 is 0 Å². The summed E-state index contributed by atoms with van der Waals surface area (Å²) in [6, 6.07) is 11.3. The standard InChI is InChI=1S/C34H28O19/c35-17-6-14(7-18(36)24(17)41)30(44)49-12-23-27(51-32(46)15-8-19(37)25(42)20(38)9-15)28(52-33(47)16-10-21(39)26(43)22(40)11-16)29(34(48)50-23)53-31(45)13-4-2-1-3-5-13/h1-11,23,27-29,34-43,48H,12H2. The van der Waals surface area contributed by atoms with Crippen molar-refractivity contribution in [1.82, 2.24) is 0 Å². The van der Waals surface area contributed by atoms with Gasteiger partial charge in [-0.05, 0) is 48.5 Å². The third kappa shape index (κ3) is 7.95. The number of aromatic hydroxyl groups is 9. The van der Waals surface area contributed by atoms with Gasteiger partial charge in [-0.25, -0.2) is 19.2 Å². The fourth-order valence-electron chi connectivity index (χ4n) is 4.99. The highest BCUT2D eigenvalue weighted by Crippen LogP contribution is 2.39. The molecule has 0 saturated carbocycles. The maximum atomic E-state index is 13.4. The second-order valence-electron chi connectivity index (χ2n) is 11.2. The van der Waals surface area contributed by atoms with Gasteiger partial charge in [-0.1, -0.05) is 18.2 Å². The molecule has 278 valence electrons. The Balaban J connectivity index is 1.55. The highest BCUT2D eigenvalue weighted by molar-refractivity contribution is 5.93. The van der Waals surface area contributed by atoms with Gasteiger partial charge in [0.25, 0.3) is 0 Å². The number of ether oxygens (including phenoxy) is 5. The van der Waals surface area contributed by atoms with Gasteiger partial charge in [-0.3, -0.25) is 0 Å². The maximum Gasteiger partial charge on any atom is 0.338 e. The van der Waals surface area contributed by atoms with Crippen molar-refractivity contribution in [2.75, 3.05) is 6.61 Å². The Hall–Kier alpha value is -7.12. The number of carbonyl (C=O) groups excluding carboxylic acids is 4. The summed E-state index contributed by atoms with van der Waals surface area (Å²) < 4.78 is 27.2. The van der Waals surface area contributed by atoms with Crippen LogP contribution < -0.4 is 0 Å². The number of hydrogen-bond donors (Lipinski definition) is 10. The van der Waals surface area contributed by atoms with Crippen LogP contribution in [0, 0.1) is 0 Å².